The van der Waals surface area contributed by atoms with E-state index in [9.17, 15) is 8.42 Å². The van der Waals surface area contributed by atoms with Crippen LogP contribution in [0.25, 0.3) is 0 Å². The first-order valence-electron chi connectivity index (χ1n) is 5.39. The number of rotatable bonds is 4. The van der Waals surface area contributed by atoms with E-state index in [0.29, 0.717) is 12.2 Å². The molecule has 2 aromatic rings. The quantitative estimate of drug-likeness (QED) is 0.692. The zero-order valence-electron chi connectivity index (χ0n) is 9.95. The van der Waals surface area contributed by atoms with Crippen molar-refractivity contribution in [2.24, 2.45) is 5.14 Å². The van der Waals surface area contributed by atoms with Gasteiger partial charge in [0.05, 0.1) is 17.9 Å². The number of nitrogen functional groups attached to an aromatic ring is 1. The van der Waals surface area contributed by atoms with Crippen molar-refractivity contribution in [3.63, 3.8) is 0 Å². The number of benzene rings is 1. The summed E-state index contributed by atoms with van der Waals surface area (Å²) in [5.41, 5.74) is 7.19. The molecule has 0 fully saturated rings. The lowest BCUT2D eigenvalue weighted by atomic mass is 10.2. The zero-order valence-corrected chi connectivity index (χ0v) is 10.8. The van der Waals surface area contributed by atoms with Gasteiger partial charge >= 0.3 is 0 Å². The van der Waals surface area contributed by atoms with Gasteiger partial charge in [0, 0.05) is 11.9 Å². The van der Waals surface area contributed by atoms with E-state index < -0.39 is 10.0 Å². The molecule has 0 spiro atoms. The monoisotopic (exact) mass is 279 g/mol. The van der Waals surface area contributed by atoms with Gasteiger partial charge in [0.2, 0.25) is 10.0 Å². The number of hydrogen-bond acceptors (Lipinski definition) is 6. The van der Waals surface area contributed by atoms with E-state index in [1.54, 1.807) is 18.3 Å². The molecule has 19 heavy (non-hydrogen) atoms. The number of sulfonamides is 1. The Morgan fingerprint density at radius 1 is 1.26 bits per heavy atom. The van der Waals surface area contributed by atoms with Gasteiger partial charge in [0.15, 0.2) is 0 Å². The summed E-state index contributed by atoms with van der Waals surface area (Å²) in [5.74, 6) is 0. The first-order chi connectivity index (χ1) is 8.97. The largest absolute Gasteiger partial charge is 0.398 e. The van der Waals surface area contributed by atoms with Gasteiger partial charge in [-0.1, -0.05) is 0 Å². The fourth-order valence-corrected chi connectivity index (χ4v) is 2.18. The van der Waals surface area contributed by atoms with Gasteiger partial charge in [-0.25, -0.2) is 13.6 Å². The Morgan fingerprint density at radius 3 is 2.63 bits per heavy atom. The molecule has 1 heterocycles. The lowest BCUT2D eigenvalue weighted by Gasteiger charge is -2.08. The Hall–Kier alpha value is -2.19. The summed E-state index contributed by atoms with van der Waals surface area (Å²) in [5, 5.41) is 15.8. The molecule has 100 valence electrons. The van der Waals surface area contributed by atoms with Crippen LogP contribution in [0.4, 0.5) is 11.4 Å². The van der Waals surface area contributed by atoms with E-state index in [1.165, 1.54) is 12.1 Å². The molecule has 0 amide bonds. The first kappa shape index (κ1) is 13.2. The van der Waals surface area contributed by atoms with E-state index in [2.05, 4.69) is 15.5 Å². The van der Waals surface area contributed by atoms with Crippen molar-refractivity contribution in [2.45, 2.75) is 11.4 Å². The Bertz CT molecular complexity index is 673. The minimum Gasteiger partial charge on any atom is -0.398 e. The summed E-state index contributed by atoms with van der Waals surface area (Å²) in [7, 11) is -3.79. The highest BCUT2D eigenvalue weighted by Crippen LogP contribution is 2.21. The molecular formula is C11H13N5O2S. The molecule has 1 aromatic carbocycles. The summed E-state index contributed by atoms with van der Waals surface area (Å²) in [6.07, 6.45) is 1.59. The standard InChI is InChI=1S/C11H13N5O2S/c12-10-6-8(3-4-11(10)19(13,17)18)14-7-9-2-1-5-15-16-9/h1-6,14H,7,12H2,(H2,13,17,18). The van der Waals surface area contributed by atoms with E-state index in [1.807, 2.05) is 6.07 Å². The summed E-state index contributed by atoms with van der Waals surface area (Å²) < 4.78 is 22.4. The third kappa shape index (κ3) is 3.39. The highest BCUT2D eigenvalue weighted by molar-refractivity contribution is 7.89. The third-order valence-electron chi connectivity index (χ3n) is 2.42. The minimum atomic E-state index is -3.79. The van der Waals surface area contributed by atoms with Crippen LogP contribution < -0.4 is 16.2 Å². The molecular weight excluding hydrogens is 266 g/mol. The van der Waals surface area contributed by atoms with Crippen LogP contribution in [-0.4, -0.2) is 18.6 Å². The van der Waals surface area contributed by atoms with Crippen LogP contribution in [0, 0.1) is 0 Å². The smallest absolute Gasteiger partial charge is 0.240 e. The lowest BCUT2D eigenvalue weighted by molar-refractivity contribution is 0.598. The second kappa shape index (κ2) is 5.21. The molecule has 0 atom stereocenters. The van der Waals surface area contributed by atoms with E-state index >= 15 is 0 Å². The van der Waals surface area contributed by atoms with Crippen LogP contribution in [0.3, 0.4) is 0 Å². The number of nitrogens with one attached hydrogen (secondary N) is 1. The fourth-order valence-electron chi connectivity index (χ4n) is 1.54. The molecule has 5 N–H and O–H groups in total. The van der Waals surface area contributed by atoms with Crippen LogP contribution in [-0.2, 0) is 16.6 Å². The zero-order chi connectivity index (χ0) is 13.9. The molecule has 0 radical (unpaired) electrons. The molecule has 0 aliphatic carbocycles. The third-order valence-corrected chi connectivity index (χ3v) is 3.40. The van der Waals surface area contributed by atoms with Gasteiger partial charge in [-0.05, 0) is 30.3 Å². The van der Waals surface area contributed by atoms with Crippen LogP contribution in [0.5, 0.6) is 0 Å². The predicted molar refractivity (Wildman–Crippen MR) is 71.6 cm³/mol. The van der Waals surface area contributed by atoms with Crippen molar-refractivity contribution in [1.82, 2.24) is 10.2 Å². The van der Waals surface area contributed by atoms with Crippen LogP contribution in [0.1, 0.15) is 5.69 Å². The van der Waals surface area contributed by atoms with Crippen molar-refractivity contribution in [3.8, 4) is 0 Å². The number of nitrogens with two attached hydrogens (primary N) is 2. The lowest BCUT2D eigenvalue weighted by Crippen LogP contribution is -2.14. The number of nitrogens with zero attached hydrogens (tertiary/aromatic N) is 2. The second-order valence-electron chi connectivity index (χ2n) is 3.87. The molecule has 0 aliphatic heterocycles. The molecule has 7 nitrogen and oxygen atoms in total. The molecule has 1 aromatic heterocycles. The number of primary sulfonamides is 1. The van der Waals surface area contributed by atoms with Crippen molar-refractivity contribution in [2.75, 3.05) is 11.1 Å². The molecule has 0 unspecified atom stereocenters. The highest BCUT2D eigenvalue weighted by atomic mass is 32.2. The summed E-state index contributed by atoms with van der Waals surface area (Å²) in [6, 6.07) is 8.07. The maximum absolute atomic E-state index is 11.2. The van der Waals surface area contributed by atoms with Crippen molar-refractivity contribution in [3.05, 3.63) is 42.2 Å². The average Bonchev–Trinajstić information content (AvgIpc) is 2.36. The topological polar surface area (TPSA) is 124 Å². The molecule has 0 saturated carbocycles. The van der Waals surface area contributed by atoms with Crippen molar-refractivity contribution < 1.29 is 8.42 Å². The number of aromatic nitrogens is 2. The number of anilines is 2. The normalized spacial score (nSPS) is 11.2. The maximum Gasteiger partial charge on any atom is 0.240 e. The summed E-state index contributed by atoms with van der Waals surface area (Å²) in [4.78, 5) is -0.0856. The van der Waals surface area contributed by atoms with Crippen LogP contribution >= 0.6 is 0 Å². The van der Waals surface area contributed by atoms with Gasteiger partial charge in [0.1, 0.15) is 4.90 Å². The Labute approximate surface area is 110 Å². The Balaban J connectivity index is 2.13. The van der Waals surface area contributed by atoms with Crippen molar-refractivity contribution >= 4 is 21.4 Å². The Morgan fingerprint density at radius 2 is 2.05 bits per heavy atom. The maximum atomic E-state index is 11.2. The van der Waals surface area contributed by atoms with Crippen molar-refractivity contribution in [1.29, 1.82) is 0 Å². The van der Waals surface area contributed by atoms with Gasteiger partial charge in [-0.2, -0.15) is 10.2 Å². The van der Waals surface area contributed by atoms with Gasteiger partial charge in [-0.3, -0.25) is 0 Å². The van der Waals surface area contributed by atoms with Gasteiger partial charge in [-0.15, -0.1) is 0 Å². The van der Waals surface area contributed by atoms with E-state index in [-0.39, 0.29) is 10.6 Å². The number of hydrogen-bond donors (Lipinski definition) is 3. The molecule has 0 saturated heterocycles. The highest BCUT2D eigenvalue weighted by Gasteiger charge is 2.12. The first-order valence-corrected chi connectivity index (χ1v) is 6.94. The van der Waals surface area contributed by atoms with Gasteiger partial charge in [0.25, 0.3) is 0 Å². The molecule has 2 rings (SSSR count). The Kier molecular flexibility index (Phi) is 3.63. The second-order valence-corrected chi connectivity index (χ2v) is 5.40. The average molecular weight is 279 g/mol. The molecule has 0 bridgehead atoms. The predicted octanol–water partition coefficient (Wildman–Crippen LogP) is 0.318. The van der Waals surface area contributed by atoms with Crippen LogP contribution in [0.15, 0.2) is 41.4 Å². The van der Waals surface area contributed by atoms with E-state index in [4.69, 9.17) is 10.9 Å². The summed E-state index contributed by atoms with van der Waals surface area (Å²) >= 11 is 0. The molecule has 8 heteroatoms. The SMILES string of the molecule is Nc1cc(NCc2cccnn2)ccc1S(N)(=O)=O. The fraction of sp³-hybridized carbons (Fsp3) is 0.0909. The van der Waals surface area contributed by atoms with Crippen LogP contribution in [0.2, 0.25) is 0 Å². The van der Waals surface area contributed by atoms with Gasteiger partial charge < -0.3 is 11.1 Å². The summed E-state index contributed by atoms with van der Waals surface area (Å²) in [6.45, 7) is 0.460. The minimum absolute atomic E-state index is 0.0856. The molecule has 0 aliphatic rings. The van der Waals surface area contributed by atoms with E-state index in [0.717, 1.165) is 5.69 Å².